The summed E-state index contributed by atoms with van der Waals surface area (Å²) in [6, 6.07) is 7.79. The van der Waals surface area contributed by atoms with Crippen molar-refractivity contribution in [2.24, 2.45) is 0 Å². The van der Waals surface area contributed by atoms with Crippen LogP contribution in [-0.4, -0.2) is 21.6 Å². The minimum atomic E-state index is 0.0365. The molecular formula is C11H9ClIN3O2. The second-order valence-corrected chi connectivity index (χ2v) is 4.64. The van der Waals surface area contributed by atoms with Gasteiger partial charge in [-0.05, 0) is 53.2 Å². The predicted molar refractivity (Wildman–Crippen MR) is 75.2 cm³/mol. The molecule has 18 heavy (non-hydrogen) atoms. The molecule has 1 heterocycles. The molecule has 0 saturated carbocycles. The van der Waals surface area contributed by atoms with Crippen molar-refractivity contribution in [1.82, 2.24) is 15.0 Å². The summed E-state index contributed by atoms with van der Waals surface area (Å²) in [5.41, 5.74) is 0. The van der Waals surface area contributed by atoms with E-state index in [0.717, 1.165) is 3.57 Å². The number of para-hydroxylation sites is 1. The van der Waals surface area contributed by atoms with Crippen LogP contribution in [0.25, 0.3) is 0 Å². The molecule has 5 nitrogen and oxygen atoms in total. The van der Waals surface area contributed by atoms with Gasteiger partial charge in [-0.2, -0.15) is 9.97 Å². The van der Waals surface area contributed by atoms with Gasteiger partial charge < -0.3 is 9.47 Å². The Morgan fingerprint density at radius 2 is 1.89 bits per heavy atom. The average molecular weight is 378 g/mol. The Morgan fingerprint density at radius 1 is 1.17 bits per heavy atom. The first-order valence-corrected chi connectivity index (χ1v) is 6.61. The van der Waals surface area contributed by atoms with Crippen LogP contribution >= 0.6 is 34.2 Å². The number of hydrogen-bond acceptors (Lipinski definition) is 5. The van der Waals surface area contributed by atoms with Crippen LogP contribution in [0.2, 0.25) is 5.28 Å². The van der Waals surface area contributed by atoms with Crippen molar-refractivity contribution in [1.29, 1.82) is 0 Å². The van der Waals surface area contributed by atoms with Gasteiger partial charge >= 0.3 is 12.0 Å². The number of ether oxygens (including phenoxy) is 2. The van der Waals surface area contributed by atoms with Gasteiger partial charge in [-0.1, -0.05) is 12.1 Å². The second kappa shape index (κ2) is 6.14. The van der Waals surface area contributed by atoms with Gasteiger partial charge in [0.2, 0.25) is 5.28 Å². The molecule has 1 aromatic heterocycles. The van der Waals surface area contributed by atoms with Crippen molar-refractivity contribution in [2.75, 3.05) is 6.61 Å². The molecule has 0 radical (unpaired) electrons. The Balaban J connectivity index is 2.26. The maximum atomic E-state index is 5.77. The lowest BCUT2D eigenvalue weighted by molar-refractivity contribution is 0.303. The van der Waals surface area contributed by atoms with E-state index in [-0.39, 0.29) is 17.3 Å². The van der Waals surface area contributed by atoms with E-state index in [0.29, 0.717) is 12.4 Å². The lowest BCUT2D eigenvalue weighted by atomic mass is 10.3. The molecule has 0 saturated heterocycles. The molecule has 0 fully saturated rings. The van der Waals surface area contributed by atoms with Crippen LogP contribution in [0.4, 0.5) is 0 Å². The molecule has 7 heteroatoms. The summed E-state index contributed by atoms with van der Waals surface area (Å²) in [5.74, 6) is 0.655. The molecule has 1 aromatic carbocycles. The zero-order chi connectivity index (χ0) is 13.0. The third-order valence-electron chi connectivity index (χ3n) is 1.88. The number of rotatable bonds is 4. The van der Waals surface area contributed by atoms with Crippen LogP contribution in [-0.2, 0) is 0 Å². The monoisotopic (exact) mass is 377 g/mol. The lowest BCUT2D eigenvalue weighted by Gasteiger charge is -2.07. The van der Waals surface area contributed by atoms with Crippen LogP contribution in [0, 0.1) is 3.57 Å². The highest BCUT2D eigenvalue weighted by molar-refractivity contribution is 14.1. The molecule has 0 amide bonds. The summed E-state index contributed by atoms with van der Waals surface area (Å²) in [4.78, 5) is 11.7. The largest absolute Gasteiger partial charge is 0.464 e. The Kier molecular flexibility index (Phi) is 4.54. The number of hydrogen-bond donors (Lipinski definition) is 0. The fourth-order valence-corrected chi connectivity index (χ4v) is 1.82. The van der Waals surface area contributed by atoms with Gasteiger partial charge in [0.15, 0.2) is 0 Å². The standard InChI is InChI=1S/C11H9ClIN3O2/c1-2-17-10-14-9(12)15-11(16-10)18-8-6-4-3-5-7(8)13/h3-6H,2H2,1H3. The van der Waals surface area contributed by atoms with E-state index in [9.17, 15) is 0 Å². The highest BCUT2D eigenvalue weighted by Crippen LogP contribution is 2.25. The van der Waals surface area contributed by atoms with Gasteiger partial charge in [-0.3, -0.25) is 0 Å². The molecule has 0 aliphatic rings. The van der Waals surface area contributed by atoms with E-state index in [4.69, 9.17) is 21.1 Å². The van der Waals surface area contributed by atoms with E-state index < -0.39 is 0 Å². The first-order chi connectivity index (χ1) is 8.69. The molecule has 0 atom stereocenters. The predicted octanol–water partition coefficient (Wildman–Crippen LogP) is 3.32. The van der Waals surface area contributed by atoms with Crippen LogP contribution in [0.15, 0.2) is 24.3 Å². The van der Waals surface area contributed by atoms with E-state index >= 15 is 0 Å². The third kappa shape index (κ3) is 3.42. The summed E-state index contributed by atoms with van der Waals surface area (Å²) >= 11 is 7.93. The van der Waals surface area contributed by atoms with Gasteiger partial charge in [0.1, 0.15) is 5.75 Å². The molecule has 0 aliphatic heterocycles. The quantitative estimate of drug-likeness (QED) is 0.765. The normalized spacial score (nSPS) is 10.2. The summed E-state index contributed by atoms with van der Waals surface area (Å²) < 4.78 is 11.7. The zero-order valence-corrected chi connectivity index (χ0v) is 12.3. The molecule has 0 spiro atoms. The van der Waals surface area contributed by atoms with Crippen molar-refractivity contribution in [2.45, 2.75) is 6.92 Å². The van der Waals surface area contributed by atoms with E-state index in [2.05, 4.69) is 37.5 Å². The summed E-state index contributed by atoms with van der Waals surface area (Å²) in [6.45, 7) is 2.28. The van der Waals surface area contributed by atoms with Crippen LogP contribution < -0.4 is 9.47 Å². The van der Waals surface area contributed by atoms with Crippen LogP contribution in [0.3, 0.4) is 0 Å². The second-order valence-electron chi connectivity index (χ2n) is 3.14. The molecule has 0 unspecified atom stereocenters. The van der Waals surface area contributed by atoms with Gasteiger partial charge in [0.25, 0.3) is 0 Å². The summed E-state index contributed by atoms with van der Waals surface area (Å²) in [7, 11) is 0. The van der Waals surface area contributed by atoms with E-state index in [1.165, 1.54) is 0 Å². The van der Waals surface area contributed by atoms with Crippen molar-refractivity contribution in [3.63, 3.8) is 0 Å². The van der Waals surface area contributed by atoms with Gasteiger partial charge in [0, 0.05) is 0 Å². The smallest absolute Gasteiger partial charge is 0.329 e. The molecular weight excluding hydrogens is 368 g/mol. The van der Waals surface area contributed by atoms with Crippen molar-refractivity contribution < 1.29 is 9.47 Å². The molecule has 94 valence electrons. The average Bonchev–Trinajstić information content (AvgIpc) is 2.32. The lowest BCUT2D eigenvalue weighted by Crippen LogP contribution is -2.01. The number of halogens is 2. The Hall–Kier alpha value is -1.15. The maximum absolute atomic E-state index is 5.77. The fraction of sp³-hybridized carbons (Fsp3) is 0.182. The number of benzene rings is 1. The van der Waals surface area contributed by atoms with Crippen molar-refractivity contribution >= 4 is 34.2 Å². The minimum Gasteiger partial charge on any atom is -0.464 e. The SMILES string of the molecule is CCOc1nc(Cl)nc(Oc2ccccc2I)n1. The summed E-state index contributed by atoms with van der Waals surface area (Å²) in [6.07, 6.45) is 0. The summed E-state index contributed by atoms with van der Waals surface area (Å²) in [5, 5.41) is 0.0365. The maximum Gasteiger partial charge on any atom is 0.329 e. The number of nitrogens with zero attached hydrogens (tertiary/aromatic N) is 3. The van der Waals surface area contributed by atoms with Gasteiger partial charge in [-0.15, -0.1) is 4.98 Å². The highest BCUT2D eigenvalue weighted by Gasteiger charge is 2.09. The van der Waals surface area contributed by atoms with Gasteiger partial charge in [-0.25, -0.2) is 0 Å². The molecule has 0 aliphatic carbocycles. The Bertz CT molecular complexity index is 554. The third-order valence-corrected chi connectivity index (χ3v) is 2.94. The molecule has 2 aromatic rings. The van der Waals surface area contributed by atoms with Crippen molar-refractivity contribution in [3.8, 4) is 17.8 Å². The molecule has 0 N–H and O–H groups in total. The van der Waals surface area contributed by atoms with Crippen molar-refractivity contribution in [3.05, 3.63) is 33.1 Å². The minimum absolute atomic E-state index is 0.0365. The highest BCUT2D eigenvalue weighted by atomic mass is 127. The Labute approximate surface area is 123 Å². The molecule has 2 rings (SSSR count). The fourth-order valence-electron chi connectivity index (χ4n) is 1.18. The number of aromatic nitrogens is 3. The Morgan fingerprint density at radius 3 is 2.61 bits per heavy atom. The first-order valence-electron chi connectivity index (χ1n) is 5.16. The molecule has 0 bridgehead atoms. The first kappa shape index (κ1) is 13.3. The van der Waals surface area contributed by atoms with Crippen LogP contribution in [0.1, 0.15) is 6.92 Å². The van der Waals surface area contributed by atoms with E-state index in [1.54, 1.807) is 0 Å². The van der Waals surface area contributed by atoms with Crippen LogP contribution in [0.5, 0.6) is 17.8 Å². The van der Waals surface area contributed by atoms with E-state index in [1.807, 2.05) is 31.2 Å². The zero-order valence-electron chi connectivity index (χ0n) is 9.43. The topological polar surface area (TPSA) is 57.1 Å². The van der Waals surface area contributed by atoms with Gasteiger partial charge in [0.05, 0.1) is 10.2 Å².